The molecule has 0 bridgehead atoms. The molecule has 6 aromatic carbocycles. The Hall–Kier alpha value is -6.51. The Bertz CT molecular complexity index is 2730. The summed E-state index contributed by atoms with van der Waals surface area (Å²) in [6, 6.07) is 55.0. The Morgan fingerprint density at radius 1 is 0.700 bits per heavy atom. The zero-order valence-corrected chi connectivity index (χ0v) is 36.0. The maximum Gasteiger partial charge on any atom is 0.0773 e. The van der Waals surface area contributed by atoms with Crippen LogP contribution in [0.4, 0.5) is 0 Å². The lowest BCUT2D eigenvalue weighted by Crippen LogP contribution is -2.25. The molecule has 6 aromatic rings. The van der Waals surface area contributed by atoms with Gasteiger partial charge in [-0.05, 0) is 63.0 Å². The highest BCUT2D eigenvalue weighted by atomic mass is 32.4. The fraction of sp³-hybridized carbons (Fsp3) is 0.0714. The molecule has 0 amide bonds. The largest absolute Gasteiger partial charge is 0.279 e. The third-order valence-electron chi connectivity index (χ3n) is 10.9. The van der Waals surface area contributed by atoms with Crippen molar-refractivity contribution in [2.45, 2.75) is 20.4 Å². The molecular formula is C56H49N2PS. The van der Waals surface area contributed by atoms with Crippen LogP contribution in [0.3, 0.4) is 0 Å². The standard InChI is InChI=1S/C56H49N2PS/c1-6-20-52(51(8-3)55(57-5)45-23-12-9-13-24-45)43-32-36-49(37-33-43)59(60,48-28-16-11-17-29-48)50-38-34-44(35-39-50)54-41(4)30-31-42-22-18-19-27-47(42)40-58-56(53(54)21-7-2)46-25-14-10-15-26-46/h6-39,41H,1,3,5,40H2,2,4H3/b21-7-,31-30-,52-20+,54-53+,55-51-,58-56-. The van der Waals surface area contributed by atoms with Crippen LogP contribution in [0, 0.1) is 5.92 Å². The summed E-state index contributed by atoms with van der Waals surface area (Å²) >= 11 is 6.92. The number of hydrogen-bond acceptors (Lipinski definition) is 3. The zero-order valence-electron chi connectivity index (χ0n) is 34.3. The number of nitrogens with zero attached hydrogens (tertiary/aromatic N) is 2. The van der Waals surface area contributed by atoms with E-state index in [1.165, 1.54) is 16.7 Å². The van der Waals surface area contributed by atoms with Crippen LogP contribution in [0.5, 0.6) is 0 Å². The van der Waals surface area contributed by atoms with E-state index < -0.39 is 6.04 Å². The second-order valence-electron chi connectivity index (χ2n) is 14.5. The van der Waals surface area contributed by atoms with Gasteiger partial charge in [0.05, 0.1) is 18.0 Å². The topological polar surface area (TPSA) is 24.7 Å². The molecule has 0 fully saturated rings. The molecule has 7 rings (SSSR count). The molecule has 0 saturated carbocycles. The van der Waals surface area contributed by atoms with Crippen LogP contribution in [-0.4, -0.2) is 12.4 Å². The van der Waals surface area contributed by atoms with Gasteiger partial charge >= 0.3 is 0 Å². The third kappa shape index (κ3) is 8.75. The average Bonchev–Trinajstić information content (AvgIpc) is 3.30. The van der Waals surface area contributed by atoms with E-state index in [4.69, 9.17) is 16.8 Å². The van der Waals surface area contributed by atoms with Crippen molar-refractivity contribution in [3.63, 3.8) is 0 Å². The van der Waals surface area contributed by atoms with Gasteiger partial charge in [0, 0.05) is 34.2 Å². The molecule has 0 spiro atoms. The van der Waals surface area contributed by atoms with Crippen molar-refractivity contribution in [1.29, 1.82) is 0 Å². The van der Waals surface area contributed by atoms with Crippen LogP contribution in [0.25, 0.3) is 22.9 Å². The molecule has 0 aliphatic carbocycles. The lowest BCUT2D eigenvalue weighted by Gasteiger charge is -2.26. The van der Waals surface area contributed by atoms with Crippen molar-refractivity contribution in [2.75, 3.05) is 0 Å². The minimum Gasteiger partial charge on any atom is -0.279 e. The van der Waals surface area contributed by atoms with E-state index in [1.807, 2.05) is 42.5 Å². The molecule has 1 aliphatic heterocycles. The van der Waals surface area contributed by atoms with Gasteiger partial charge in [-0.15, -0.1) is 0 Å². The third-order valence-corrected chi connectivity index (χ3v) is 15.8. The van der Waals surface area contributed by atoms with E-state index in [0.29, 0.717) is 6.54 Å². The summed E-state index contributed by atoms with van der Waals surface area (Å²) in [5, 5.41) is 3.36. The summed E-state index contributed by atoms with van der Waals surface area (Å²) < 4.78 is 0. The van der Waals surface area contributed by atoms with Crippen molar-refractivity contribution in [1.82, 2.24) is 0 Å². The maximum atomic E-state index is 6.92. The van der Waals surface area contributed by atoms with Crippen LogP contribution in [-0.2, 0) is 18.4 Å². The van der Waals surface area contributed by atoms with Crippen molar-refractivity contribution in [3.05, 3.63) is 258 Å². The highest BCUT2D eigenvalue weighted by Crippen LogP contribution is 2.44. The first-order valence-electron chi connectivity index (χ1n) is 20.2. The van der Waals surface area contributed by atoms with Crippen molar-refractivity contribution in [3.8, 4) is 0 Å². The molecule has 2 nitrogen and oxygen atoms in total. The monoisotopic (exact) mass is 812 g/mol. The number of benzene rings is 6. The number of fused-ring (bicyclic) bond motifs is 1. The minimum atomic E-state index is -2.51. The number of allylic oxidation sites excluding steroid dienone is 10. The fourth-order valence-electron chi connectivity index (χ4n) is 7.91. The van der Waals surface area contributed by atoms with Crippen LogP contribution in [0.15, 0.2) is 235 Å². The highest BCUT2D eigenvalue weighted by molar-refractivity contribution is 8.25. The zero-order chi connectivity index (χ0) is 41.9. The molecule has 1 aliphatic rings. The lowest BCUT2D eigenvalue weighted by molar-refractivity contribution is 0.962. The minimum absolute atomic E-state index is 0.0814. The van der Waals surface area contributed by atoms with E-state index in [2.05, 4.69) is 196 Å². The normalized spacial score (nSPS) is 18.5. The fourth-order valence-corrected chi connectivity index (χ4v) is 11.6. The van der Waals surface area contributed by atoms with Crippen LogP contribution in [0.2, 0.25) is 0 Å². The average molecular weight is 813 g/mol. The smallest absolute Gasteiger partial charge is 0.0773 e. The van der Waals surface area contributed by atoms with E-state index in [0.717, 1.165) is 66.3 Å². The molecule has 0 aromatic heterocycles. The molecule has 0 N–H and O–H groups in total. The second kappa shape index (κ2) is 19.5. The number of hydrogen-bond donors (Lipinski definition) is 0. The Morgan fingerprint density at radius 3 is 1.90 bits per heavy atom. The molecule has 2 atom stereocenters. The van der Waals surface area contributed by atoms with Gasteiger partial charge < -0.3 is 0 Å². The van der Waals surface area contributed by atoms with E-state index in [-0.39, 0.29) is 5.92 Å². The van der Waals surface area contributed by atoms with Crippen LogP contribution >= 0.6 is 6.04 Å². The molecular weight excluding hydrogens is 764 g/mol. The Morgan fingerprint density at radius 2 is 1.28 bits per heavy atom. The molecule has 0 saturated heterocycles. The molecule has 0 radical (unpaired) electrons. The summed E-state index contributed by atoms with van der Waals surface area (Å²) in [5.74, 6) is 0.0814. The van der Waals surface area contributed by atoms with Crippen molar-refractivity contribution >= 4 is 69.1 Å². The van der Waals surface area contributed by atoms with Gasteiger partial charge in [-0.2, -0.15) is 0 Å². The summed E-state index contributed by atoms with van der Waals surface area (Å²) in [5.41, 5.74) is 12.5. The molecule has 4 heteroatoms. The SMILES string of the molecule is C=C/C=C(/C(C=C)=C(\N=C)c1ccccc1)c1ccc(P(=S)(c2ccccc2)c2ccc(/C3=C(\C=C/C)C(/c4ccccc4)=N\Cc4ccccc4/C=C\C3C)cc2)cc1. The van der Waals surface area contributed by atoms with Crippen molar-refractivity contribution < 1.29 is 0 Å². The summed E-state index contributed by atoms with van der Waals surface area (Å²) in [7, 11) is 0. The van der Waals surface area contributed by atoms with E-state index in [1.54, 1.807) is 6.08 Å². The summed E-state index contributed by atoms with van der Waals surface area (Å²) in [6.07, 6.45) is 14.6. The lowest BCUT2D eigenvalue weighted by atomic mass is 9.84. The Labute approximate surface area is 361 Å². The maximum absolute atomic E-state index is 6.92. The first-order valence-corrected chi connectivity index (χ1v) is 23.0. The van der Waals surface area contributed by atoms with Gasteiger partial charge in [-0.1, -0.05) is 238 Å². The van der Waals surface area contributed by atoms with Gasteiger partial charge in [-0.3, -0.25) is 9.98 Å². The van der Waals surface area contributed by atoms with Gasteiger partial charge in [0.2, 0.25) is 0 Å². The van der Waals surface area contributed by atoms with Gasteiger partial charge in [-0.25, -0.2) is 0 Å². The van der Waals surface area contributed by atoms with Gasteiger partial charge in [0.25, 0.3) is 0 Å². The number of aliphatic imine (C=N–C) groups is 2. The van der Waals surface area contributed by atoms with Crippen LogP contribution in [0.1, 0.15) is 47.2 Å². The quantitative estimate of drug-likeness (QED) is 0.0686. The van der Waals surface area contributed by atoms with E-state index >= 15 is 0 Å². The molecule has 294 valence electrons. The predicted molar refractivity (Wildman–Crippen MR) is 267 cm³/mol. The summed E-state index contributed by atoms with van der Waals surface area (Å²) in [6.45, 7) is 17.1. The van der Waals surface area contributed by atoms with Gasteiger partial charge in [0.1, 0.15) is 0 Å². The predicted octanol–water partition coefficient (Wildman–Crippen LogP) is 13.0. The number of rotatable bonds is 12. The van der Waals surface area contributed by atoms with E-state index in [9.17, 15) is 0 Å². The van der Waals surface area contributed by atoms with Crippen LogP contribution < -0.4 is 15.9 Å². The highest BCUT2D eigenvalue weighted by Gasteiger charge is 2.27. The van der Waals surface area contributed by atoms with Crippen molar-refractivity contribution in [2.24, 2.45) is 15.9 Å². The Balaban J connectivity index is 1.35. The molecule has 60 heavy (non-hydrogen) atoms. The molecule has 2 unspecified atom stereocenters. The molecule has 1 heterocycles. The Kier molecular flexibility index (Phi) is 13.5. The summed E-state index contributed by atoms with van der Waals surface area (Å²) in [4.78, 5) is 9.81. The van der Waals surface area contributed by atoms with Gasteiger partial charge in [0.15, 0.2) is 0 Å². The first kappa shape index (κ1) is 41.6. The first-order chi connectivity index (χ1) is 29.4. The second-order valence-corrected chi connectivity index (χ2v) is 19.0.